The second kappa shape index (κ2) is 12.6. The van der Waals surface area contributed by atoms with Gasteiger partial charge in [-0.3, -0.25) is 4.90 Å². The molecule has 0 bridgehead atoms. The lowest BCUT2D eigenvalue weighted by molar-refractivity contribution is -0.144. The maximum Gasteiger partial charge on any atom is 0.416 e. The summed E-state index contributed by atoms with van der Waals surface area (Å²) in [5.74, 6) is -3.68. The Morgan fingerprint density at radius 2 is 1.57 bits per heavy atom. The summed E-state index contributed by atoms with van der Waals surface area (Å²) in [6.45, 7) is 2.87. The van der Waals surface area contributed by atoms with E-state index in [4.69, 9.17) is 10.8 Å². The number of nitrogens with zero attached hydrogens (tertiary/aromatic N) is 3. The van der Waals surface area contributed by atoms with Crippen LogP contribution in [0.5, 0.6) is 0 Å². The first-order chi connectivity index (χ1) is 22.0. The van der Waals surface area contributed by atoms with Crippen LogP contribution in [0.15, 0.2) is 42.5 Å². The summed E-state index contributed by atoms with van der Waals surface area (Å²) in [6, 6.07) is 5.87. The van der Waals surface area contributed by atoms with Crippen LogP contribution in [0.4, 0.5) is 50.0 Å². The lowest BCUT2D eigenvalue weighted by atomic mass is 9.97. The van der Waals surface area contributed by atoms with Crippen LogP contribution >= 0.6 is 0 Å². The third-order valence-electron chi connectivity index (χ3n) is 8.07. The lowest BCUT2D eigenvalue weighted by Gasteiger charge is -2.28. The van der Waals surface area contributed by atoms with Crippen molar-refractivity contribution >= 4 is 11.7 Å². The van der Waals surface area contributed by atoms with Gasteiger partial charge in [0.2, 0.25) is 0 Å². The van der Waals surface area contributed by atoms with Gasteiger partial charge in [0, 0.05) is 48.8 Å². The number of hydrogen-bond acceptors (Lipinski definition) is 3. The van der Waals surface area contributed by atoms with E-state index in [2.05, 4.69) is 0 Å². The summed E-state index contributed by atoms with van der Waals surface area (Å²) in [6.07, 6.45) is -9.34. The smallest absolute Gasteiger partial charge is 0.351 e. The first kappa shape index (κ1) is 33.8. The number of halogens is 9. The molecule has 1 aliphatic rings. The van der Waals surface area contributed by atoms with Gasteiger partial charge < -0.3 is 11.1 Å². The lowest BCUT2D eigenvalue weighted by Crippen LogP contribution is -2.31. The number of amides is 2. The molecule has 1 aliphatic heterocycles. The normalized spacial score (nSPS) is 13.9. The van der Waals surface area contributed by atoms with E-state index in [0.29, 0.717) is 29.8 Å². The predicted molar refractivity (Wildman–Crippen MR) is 155 cm³/mol. The number of alkyl halides is 6. The van der Waals surface area contributed by atoms with Crippen LogP contribution in [0.1, 0.15) is 52.9 Å². The molecule has 0 radical (unpaired) electrons. The number of carbonyl (C=O) groups excluding carboxylic acids is 1. The van der Waals surface area contributed by atoms with Crippen molar-refractivity contribution in [1.29, 1.82) is 0 Å². The van der Waals surface area contributed by atoms with Crippen molar-refractivity contribution < 1.29 is 44.3 Å². The highest BCUT2D eigenvalue weighted by molar-refractivity contribution is 5.88. The summed E-state index contributed by atoms with van der Waals surface area (Å²) >= 11 is 0. The Kier molecular flexibility index (Phi) is 9.05. The Labute approximate surface area is 263 Å². The molecule has 0 saturated heterocycles. The van der Waals surface area contributed by atoms with Crippen LogP contribution in [0.25, 0.3) is 16.9 Å². The van der Waals surface area contributed by atoms with Gasteiger partial charge in [-0.1, -0.05) is 32.0 Å². The standard InChI is InChI=1S/C32H28F9N5O/c1-3-16-6-5-7-17(4-2)28(16)46-29(19-12-25(35)27(13-24(19)34)43-30(42)47)21-15-45(9-8-26(21)44-46)14-20-22(32(39,40)41)10-18(11-23(20)33)31(36,37)38/h5-7,10-13H,3-4,8-9,14-15H2,1-2H3,(H3,42,43,47). The van der Waals surface area contributed by atoms with Crippen LogP contribution in [-0.2, 0) is 44.7 Å². The summed E-state index contributed by atoms with van der Waals surface area (Å²) in [5.41, 5.74) is 2.79. The van der Waals surface area contributed by atoms with Crippen molar-refractivity contribution in [3.05, 3.63) is 99.0 Å². The highest BCUT2D eigenvalue weighted by Crippen LogP contribution is 2.41. The quantitative estimate of drug-likeness (QED) is 0.195. The minimum Gasteiger partial charge on any atom is -0.351 e. The predicted octanol–water partition coefficient (Wildman–Crippen LogP) is 8.17. The molecule has 250 valence electrons. The molecule has 2 heterocycles. The number of rotatable bonds is 7. The number of aryl methyl sites for hydroxylation is 2. The average Bonchev–Trinajstić information content (AvgIpc) is 3.35. The zero-order chi connectivity index (χ0) is 34.4. The monoisotopic (exact) mass is 669 g/mol. The number of para-hydroxylation sites is 1. The second-order valence-electron chi connectivity index (χ2n) is 11.1. The number of carbonyl (C=O) groups is 1. The Morgan fingerprint density at radius 1 is 0.915 bits per heavy atom. The molecule has 2 amide bonds. The van der Waals surface area contributed by atoms with Crippen molar-refractivity contribution in [2.45, 2.75) is 58.6 Å². The molecule has 1 aromatic heterocycles. The fourth-order valence-electron chi connectivity index (χ4n) is 5.88. The van der Waals surface area contributed by atoms with E-state index in [-0.39, 0.29) is 42.9 Å². The van der Waals surface area contributed by atoms with Gasteiger partial charge in [0.15, 0.2) is 0 Å². The fourth-order valence-corrected chi connectivity index (χ4v) is 5.88. The first-order valence-electron chi connectivity index (χ1n) is 14.5. The van der Waals surface area contributed by atoms with E-state index in [1.54, 1.807) is 0 Å². The second-order valence-corrected chi connectivity index (χ2v) is 11.1. The number of primary amides is 1. The molecule has 0 atom stereocenters. The molecule has 0 fully saturated rings. The largest absolute Gasteiger partial charge is 0.416 e. The number of aromatic nitrogens is 2. The van der Waals surface area contributed by atoms with Gasteiger partial charge >= 0.3 is 18.4 Å². The topological polar surface area (TPSA) is 76.2 Å². The summed E-state index contributed by atoms with van der Waals surface area (Å²) < 4.78 is 129. The molecule has 4 aromatic rings. The molecule has 3 N–H and O–H groups in total. The van der Waals surface area contributed by atoms with E-state index >= 15 is 13.2 Å². The molecule has 0 aliphatic carbocycles. The molecule has 15 heteroatoms. The maximum absolute atomic E-state index is 15.8. The zero-order valence-electron chi connectivity index (χ0n) is 25.0. The third kappa shape index (κ3) is 6.66. The van der Waals surface area contributed by atoms with E-state index in [1.165, 1.54) is 9.58 Å². The number of hydrogen-bond donors (Lipinski definition) is 2. The molecule has 0 spiro atoms. The van der Waals surface area contributed by atoms with Gasteiger partial charge in [0.1, 0.15) is 17.5 Å². The molecular weight excluding hydrogens is 641 g/mol. The van der Waals surface area contributed by atoms with Gasteiger partial charge in [0.05, 0.1) is 33.9 Å². The zero-order valence-corrected chi connectivity index (χ0v) is 25.0. The molecule has 6 nitrogen and oxygen atoms in total. The SMILES string of the molecule is CCc1cccc(CC)c1-n1nc2c(c1-c1cc(F)c(NC(N)=O)cc1F)CN(Cc1c(F)cc(C(F)(F)F)cc1C(F)(F)F)CC2. The minimum atomic E-state index is -5.30. The summed E-state index contributed by atoms with van der Waals surface area (Å²) in [5, 5.41) is 6.74. The van der Waals surface area contributed by atoms with Crippen molar-refractivity contribution in [1.82, 2.24) is 14.7 Å². The molecule has 3 aromatic carbocycles. The Morgan fingerprint density at radius 3 is 2.15 bits per heavy atom. The Bertz CT molecular complexity index is 1820. The number of fused-ring (bicyclic) bond motifs is 1. The van der Waals surface area contributed by atoms with Gasteiger partial charge in [-0.15, -0.1) is 0 Å². The van der Waals surface area contributed by atoms with E-state index in [0.717, 1.165) is 23.3 Å². The van der Waals surface area contributed by atoms with Crippen molar-refractivity contribution in [3.63, 3.8) is 0 Å². The fraction of sp³-hybridized carbons (Fsp3) is 0.312. The summed E-state index contributed by atoms with van der Waals surface area (Å²) in [4.78, 5) is 12.7. The van der Waals surface area contributed by atoms with E-state index in [1.807, 2.05) is 37.4 Å². The summed E-state index contributed by atoms with van der Waals surface area (Å²) in [7, 11) is 0. The Hall–Kier alpha value is -4.53. The number of nitrogens with one attached hydrogen (secondary N) is 1. The highest BCUT2D eigenvalue weighted by Gasteiger charge is 2.40. The number of benzene rings is 3. The van der Waals surface area contributed by atoms with Crippen LogP contribution < -0.4 is 11.1 Å². The number of urea groups is 1. The van der Waals surface area contributed by atoms with Crippen LogP contribution in [0, 0.1) is 17.5 Å². The van der Waals surface area contributed by atoms with Gasteiger partial charge in [0.25, 0.3) is 0 Å². The molecule has 0 saturated carbocycles. The molecule has 5 rings (SSSR count). The first-order valence-corrected chi connectivity index (χ1v) is 14.5. The van der Waals surface area contributed by atoms with Gasteiger partial charge in [-0.25, -0.2) is 22.6 Å². The van der Waals surface area contributed by atoms with Crippen LogP contribution in [0.3, 0.4) is 0 Å². The number of nitrogens with two attached hydrogens (primary N) is 1. The van der Waals surface area contributed by atoms with Gasteiger partial charge in [-0.2, -0.15) is 31.4 Å². The van der Waals surface area contributed by atoms with Crippen molar-refractivity contribution in [2.24, 2.45) is 5.73 Å². The Balaban J connectivity index is 1.67. The third-order valence-corrected chi connectivity index (χ3v) is 8.07. The van der Waals surface area contributed by atoms with Gasteiger partial charge in [-0.05, 0) is 42.2 Å². The van der Waals surface area contributed by atoms with Crippen molar-refractivity contribution in [3.8, 4) is 16.9 Å². The molecular formula is C32H28F9N5O. The average molecular weight is 670 g/mol. The minimum absolute atomic E-state index is 0.0250. The van der Waals surface area contributed by atoms with E-state index < -0.39 is 64.8 Å². The van der Waals surface area contributed by atoms with Crippen molar-refractivity contribution in [2.75, 3.05) is 11.9 Å². The molecule has 0 unspecified atom stereocenters. The number of anilines is 1. The van der Waals surface area contributed by atoms with Crippen LogP contribution in [0.2, 0.25) is 0 Å². The highest BCUT2D eigenvalue weighted by atomic mass is 19.4. The van der Waals surface area contributed by atoms with E-state index in [9.17, 15) is 31.1 Å². The molecule has 47 heavy (non-hydrogen) atoms. The maximum atomic E-state index is 15.8. The van der Waals surface area contributed by atoms with Crippen LogP contribution in [-0.4, -0.2) is 27.3 Å².